The molecule has 1 unspecified atom stereocenters. The molecule has 3 N–H and O–H groups in total. The van der Waals surface area contributed by atoms with Crippen LogP contribution in [-0.4, -0.2) is 28.7 Å². The molecule has 0 saturated carbocycles. The van der Waals surface area contributed by atoms with E-state index in [0.29, 0.717) is 24.4 Å². The molecule has 1 rings (SSSR count). The Morgan fingerprint density at radius 2 is 2.00 bits per heavy atom. The largest absolute Gasteiger partial charge is 0.475 e. The van der Waals surface area contributed by atoms with E-state index < -0.39 is 0 Å². The number of nitrogens with one attached hydrogen (secondary N) is 1. The van der Waals surface area contributed by atoms with Crippen LogP contribution in [0.5, 0.6) is 5.88 Å². The molecule has 102 valence electrons. The van der Waals surface area contributed by atoms with Crippen LogP contribution in [0.25, 0.3) is 0 Å². The molecule has 18 heavy (non-hydrogen) atoms. The first-order valence-electron chi connectivity index (χ1n) is 6.48. The third kappa shape index (κ3) is 4.87. The Kier molecular flexibility index (Phi) is 5.85. The summed E-state index contributed by atoms with van der Waals surface area (Å²) in [6.45, 7) is 8.94. The Bertz CT molecular complexity index is 355. The van der Waals surface area contributed by atoms with E-state index in [9.17, 15) is 0 Å². The summed E-state index contributed by atoms with van der Waals surface area (Å²) in [6, 6.07) is 2.14. The van der Waals surface area contributed by atoms with Crippen molar-refractivity contribution in [3.05, 3.63) is 12.4 Å². The van der Waals surface area contributed by atoms with Crippen LogP contribution >= 0.6 is 0 Å². The molecule has 0 aliphatic rings. The van der Waals surface area contributed by atoms with Gasteiger partial charge in [-0.05, 0) is 32.7 Å². The Hall–Kier alpha value is -1.36. The number of hydrogen-bond acceptors (Lipinski definition) is 5. The van der Waals surface area contributed by atoms with Crippen molar-refractivity contribution >= 4 is 5.82 Å². The first kappa shape index (κ1) is 14.7. The van der Waals surface area contributed by atoms with Crippen LogP contribution < -0.4 is 15.8 Å². The highest BCUT2D eigenvalue weighted by Gasteiger charge is 2.13. The third-order valence-corrected chi connectivity index (χ3v) is 2.61. The first-order valence-corrected chi connectivity index (χ1v) is 6.48. The molecule has 1 atom stereocenters. The molecule has 0 bridgehead atoms. The second-order valence-electron chi connectivity index (χ2n) is 4.98. The SMILES string of the molecule is CC(C)Oc1cc(NC(CCN)C(C)C)ncn1. The summed E-state index contributed by atoms with van der Waals surface area (Å²) >= 11 is 0. The summed E-state index contributed by atoms with van der Waals surface area (Å²) in [4.78, 5) is 8.29. The zero-order chi connectivity index (χ0) is 13.5. The summed E-state index contributed by atoms with van der Waals surface area (Å²) < 4.78 is 5.54. The fourth-order valence-corrected chi connectivity index (χ4v) is 1.67. The molecular weight excluding hydrogens is 228 g/mol. The fraction of sp³-hybridized carbons (Fsp3) is 0.692. The van der Waals surface area contributed by atoms with Gasteiger partial charge in [0.15, 0.2) is 0 Å². The Morgan fingerprint density at radius 1 is 1.28 bits per heavy atom. The molecule has 5 nitrogen and oxygen atoms in total. The van der Waals surface area contributed by atoms with Crippen LogP contribution in [0.1, 0.15) is 34.1 Å². The van der Waals surface area contributed by atoms with Gasteiger partial charge < -0.3 is 15.8 Å². The smallest absolute Gasteiger partial charge is 0.218 e. The molecule has 0 amide bonds. The third-order valence-electron chi connectivity index (χ3n) is 2.61. The number of nitrogens with zero attached hydrogens (tertiary/aromatic N) is 2. The summed E-state index contributed by atoms with van der Waals surface area (Å²) in [5, 5.41) is 3.38. The molecule has 1 aromatic rings. The van der Waals surface area contributed by atoms with Crippen molar-refractivity contribution < 1.29 is 4.74 Å². The predicted octanol–water partition coefficient (Wildman–Crippen LogP) is 2.05. The molecular formula is C13H24N4O. The average Bonchev–Trinajstić information content (AvgIpc) is 2.28. The highest BCUT2D eigenvalue weighted by atomic mass is 16.5. The number of hydrogen-bond donors (Lipinski definition) is 2. The number of anilines is 1. The Morgan fingerprint density at radius 3 is 2.56 bits per heavy atom. The summed E-state index contributed by atoms with van der Waals surface area (Å²) in [7, 11) is 0. The van der Waals surface area contributed by atoms with Gasteiger partial charge in [-0.2, -0.15) is 0 Å². The van der Waals surface area contributed by atoms with Crippen LogP contribution in [-0.2, 0) is 0 Å². The zero-order valence-corrected chi connectivity index (χ0v) is 11.7. The van der Waals surface area contributed by atoms with E-state index in [0.717, 1.165) is 12.2 Å². The quantitative estimate of drug-likeness (QED) is 0.777. The van der Waals surface area contributed by atoms with Crippen molar-refractivity contribution in [3.63, 3.8) is 0 Å². The van der Waals surface area contributed by atoms with Crippen LogP contribution in [0.2, 0.25) is 0 Å². The van der Waals surface area contributed by atoms with Gasteiger partial charge in [-0.15, -0.1) is 0 Å². The topological polar surface area (TPSA) is 73.1 Å². The van der Waals surface area contributed by atoms with E-state index in [2.05, 4.69) is 29.1 Å². The van der Waals surface area contributed by atoms with Gasteiger partial charge in [0.05, 0.1) is 6.10 Å². The number of ether oxygens (including phenoxy) is 1. The van der Waals surface area contributed by atoms with E-state index in [-0.39, 0.29) is 6.10 Å². The van der Waals surface area contributed by atoms with Gasteiger partial charge >= 0.3 is 0 Å². The van der Waals surface area contributed by atoms with Crippen molar-refractivity contribution in [3.8, 4) is 5.88 Å². The monoisotopic (exact) mass is 252 g/mol. The van der Waals surface area contributed by atoms with E-state index in [1.54, 1.807) is 0 Å². The van der Waals surface area contributed by atoms with Crippen LogP contribution in [0.15, 0.2) is 12.4 Å². The van der Waals surface area contributed by atoms with Gasteiger partial charge in [0.1, 0.15) is 12.1 Å². The van der Waals surface area contributed by atoms with Gasteiger partial charge in [-0.1, -0.05) is 13.8 Å². The minimum atomic E-state index is 0.109. The van der Waals surface area contributed by atoms with E-state index >= 15 is 0 Å². The molecule has 0 saturated heterocycles. The standard InChI is InChI=1S/C13H24N4O/c1-9(2)11(5-6-14)17-12-7-13(16-8-15-12)18-10(3)4/h7-11H,5-6,14H2,1-4H3,(H,15,16,17). The lowest BCUT2D eigenvalue weighted by molar-refractivity contribution is 0.232. The molecule has 0 radical (unpaired) electrons. The van der Waals surface area contributed by atoms with Crippen LogP contribution in [0.4, 0.5) is 5.82 Å². The van der Waals surface area contributed by atoms with Crippen molar-refractivity contribution in [2.24, 2.45) is 11.7 Å². The normalized spacial score (nSPS) is 12.8. The number of aromatic nitrogens is 2. The molecule has 0 aromatic carbocycles. The predicted molar refractivity (Wildman–Crippen MR) is 73.7 cm³/mol. The van der Waals surface area contributed by atoms with E-state index in [1.807, 2.05) is 19.9 Å². The second kappa shape index (κ2) is 7.16. The van der Waals surface area contributed by atoms with Crippen molar-refractivity contribution in [1.29, 1.82) is 0 Å². The maximum atomic E-state index is 5.62. The van der Waals surface area contributed by atoms with E-state index in [1.165, 1.54) is 6.33 Å². The van der Waals surface area contributed by atoms with Gasteiger partial charge in [0.25, 0.3) is 0 Å². The fourth-order valence-electron chi connectivity index (χ4n) is 1.67. The molecule has 5 heteroatoms. The Labute approximate surface area is 109 Å². The van der Waals surface area contributed by atoms with Crippen LogP contribution in [0.3, 0.4) is 0 Å². The maximum Gasteiger partial charge on any atom is 0.218 e. The Balaban J connectivity index is 2.70. The molecule has 0 aliphatic carbocycles. The lowest BCUT2D eigenvalue weighted by Crippen LogP contribution is -2.28. The van der Waals surface area contributed by atoms with Crippen molar-refractivity contribution in [2.75, 3.05) is 11.9 Å². The van der Waals surface area contributed by atoms with Crippen LogP contribution in [0, 0.1) is 5.92 Å². The molecule has 0 fully saturated rings. The second-order valence-corrected chi connectivity index (χ2v) is 4.98. The lowest BCUT2D eigenvalue weighted by Gasteiger charge is -2.22. The highest BCUT2D eigenvalue weighted by Crippen LogP contribution is 2.16. The summed E-state index contributed by atoms with van der Waals surface area (Å²) in [5.41, 5.74) is 5.62. The molecule has 0 aliphatic heterocycles. The van der Waals surface area contributed by atoms with Gasteiger partial charge in [0.2, 0.25) is 5.88 Å². The van der Waals surface area contributed by atoms with Crippen molar-refractivity contribution in [1.82, 2.24) is 9.97 Å². The average molecular weight is 252 g/mol. The van der Waals surface area contributed by atoms with E-state index in [4.69, 9.17) is 10.5 Å². The molecule has 0 spiro atoms. The highest BCUT2D eigenvalue weighted by molar-refractivity contribution is 5.38. The zero-order valence-electron chi connectivity index (χ0n) is 11.7. The number of rotatable bonds is 7. The van der Waals surface area contributed by atoms with Gasteiger partial charge in [-0.25, -0.2) is 9.97 Å². The first-order chi connectivity index (χ1) is 8.52. The van der Waals surface area contributed by atoms with Gasteiger partial charge in [-0.3, -0.25) is 0 Å². The molecule has 1 heterocycles. The van der Waals surface area contributed by atoms with Gasteiger partial charge in [0, 0.05) is 12.1 Å². The molecule has 1 aromatic heterocycles. The maximum absolute atomic E-state index is 5.62. The minimum absolute atomic E-state index is 0.109. The summed E-state index contributed by atoms with van der Waals surface area (Å²) in [5.74, 6) is 1.88. The van der Waals surface area contributed by atoms with Crippen molar-refractivity contribution in [2.45, 2.75) is 46.3 Å². The summed E-state index contributed by atoms with van der Waals surface area (Å²) in [6.07, 6.45) is 2.54. The lowest BCUT2D eigenvalue weighted by atomic mass is 10.0. The minimum Gasteiger partial charge on any atom is -0.475 e. The number of nitrogens with two attached hydrogens (primary N) is 1.